The Bertz CT molecular complexity index is 373. The van der Waals surface area contributed by atoms with E-state index < -0.39 is 29.9 Å². The molecular weight excluding hydrogens is 254 g/mol. The molecule has 0 radical (unpaired) electrons. The number of urea groups is 1. The number of carboxylic acid groups (broad SMARTS) is 1. The van der Waals surface area contributed by atoms with Gasteiger partial charge in [-0.3, -0.25) is 19.8 Å². The monoisotopic (exact) mass is 273 g/mol. The quantitative estimate of drug-likeness (QED) is 0.597. The Kier molecular flexibility index (Phi) is 5.25. The van der Waals surface area contributed by atoms with Crippen molar-refractivity contribution in [2.45, 2.75) is 19.0 Å². The number of nitrogens with one attached hydrogen (secondary N) is 2. The van der Waals surface area contributed by atoms with E-state index in [2.05, 4.69) is 10.6 Å². The maximum Gasteiger partial charge on any atom is 0.321 e. The van der Waals surface area contributed by atoms with Crippen LogP contribution in [0, 0.1) is 5.92 Å². The molecule has 3 N–H and O–H groups in total. The highest BCUT2D eigenvalue weighted by Crippen LogP contribution is 2.20. The minimum absolute atomic E-state index is 0.133. The van der Waals surface area contributed by atoms with Crippen LogP contribution < -0.4 is 10.6 Å². The Hall–Kier alpha value is -1.67. The molecule has 1 aliphatic rings. The van der Waals surface area contributed by atoms with E-state index in [1.807, 2.05) is 0 Å². The minimum Gasteiger partial charge on any atom is -0.481 e. The fraction of sp³-hybridized carbons (Fsp3) is 0.727. The molecule has 19 heavy (non-hydrogen) atoms. The number of ether oxygens (including phenoxy) is 1. The van der Waals surface area contributed by atoms with Crippen LogP contribution in [0.15, 0.2) is 0 Å². The highest BCUT2D eigenvalue weighted by atomic mass is 16.5. The van der Waals surface area contributed by atoms with Gasteiger partial charge in [0.05, 0.1) is 25.2 Å². The summed E-state index contributed by atoms with van der Waals surface area (Å²) in [6.45, 7) is 1.99. The third kappa shape index (κ3) is 3.65. The lowest BCUT2D eigenvalue weighted by atomic mass is 10.0. The molecule has 0 aliphatic carbocycles. The summed E-state index contributed by atoms with van der Waals surface area (Å²) in [7, 11) is 3.05. The zero-order valence-corrected chi connectivity index (χ0v) is 11.2. The largest absolute Gasteiger partial charge is 0.481 e. The van der Waals surface area contributed by atoms with Gasteiger partial charge in [0.25, 0.3) is 0 Å². The number of nitrogens with zero attached hydrogens (tertiary/aromatic N) is 1. The molecule has 8 nitrogen and oxygen atoms in total. The van der Waals surface area contributed by atoms with Gasteiger partial charge in [0.15, 0.2) is 0 Å². The maximum absolute atomic E-state index is 11.8. The summed E-state index contributed by atoms with van der Waals surface area (Å²) in [5.41, 5.74) is 0. The van der Waals surface area contributed by atoms with Crippen LogP contribution in [0.4, 0.5) is 4.79 Å². The van der Waals surface area contributed by atoms with E-state index in [1.165, 1.54) is 7.05 Å². The van der Waals surface area contributed by atoms with E-state index in [0.29, 0.717) is 0 Å². The molecule has 8 heteroatoms. The van der Waals surface area contributed by atoms with Gasteiger partial charge in [-0.15, -0.1) is 0 Å². The first-order valence-electron chi connectivity index (χ1n) is 5.93. The molecule has 0 spiro atoms. The molecule has 1 fully saturated rings. The predicted molar refractivity (Wildman–Crippen MR) is 65.6 cm³/mol. The number of hydrogen-bond acceptors (Lipinski definition) is 5. The number of imide groups is 1. The van der Waals surface area contributed by atoms with Crippen molar-refractivity contribution in [2.24, 2.45) is 5.92 Å². The molecule has 3 amide bonds. The normalized spacial score (nSPS) is 24.0. The van der Waals surface area contributed by atoms with E-state index >= 15 is 0 Å². The van der Waals surface area contributed by atoms with Gasteiger partial charge in [-0.2, -0.15) is 0 Å². The molecule has 3 atom stereocenters. The fourth-order valence-corrected chi connectivity index (χ4v) is 1.93. The van der Waals surface area contributed by atoms with Gasteiger partial charge in [0.1, 0.15) is 0 Å². The number of carbonyl (C=O) groups is 3. The first kappa shape index (κ1) is 15.4. The van der Waals surface area contributed by atoms with Gasteiger partial charge in [0.2, 0.25) is 5.91 Å². The maximum atomic E-state index is 11.8. The number of likely N-dealkylation sites (N-methyl/N-ethyl adjacent to an activating group) is 1. The van der Waals surface area contributed by atoms with Crippen LogP contribution in [0.3, 0.4) is 0 Å². The second-order valence-corrected chi connectivity index (χ2v) is 4.46. The van der Waals surface area contributed by atoms with Crippen LogP contribution in [0.1, 0.15) is 6.92 Å². The third-order valence-corrected chi connectivity index (χ3v) is 3.34. The van der Waals surface area contributed by atoms with E-state index in [1.54, 1.807) is 18.9 Å². The predicted octanol–water partition coefficient (Wildman–Crippen LogP) is -1.14. The van der Waals surface area contributed by atoms with Crippen LogP contribution in [0.5, 0.6) is 0 Å². The lowest BCUT2D eigenvalue weighted by molar-refractivity contribution is -0.144. The molecule has 0 saturated carbocycles. The van der Waals surface area contributed by atoms with Crippen molar-refractivity contribution in [2.75, 3.05) is 27.3 Å². The lowest BCUT2D eigenvalue weighted by Crippen LogP contribution is -2.53. The second-order valence-electron chi connectivity index (χ2n) is 4.46. The molecular formula is C11H19N3O5. The second kappa shape index (κ2) is 6.48. The summed E-state index contributed by atoms with van der Waals surface area (Å²) in [6.07, 6.45) is 0. The molecule has 1 heterocycles. The van der Waals surface area contributed by atoms with Crippen molar-refractivity contribution in [3.8, 4) is 0 Å². The number of hydrogen-bond donors (Lipinski definition) is 3. The van der Waals surface area contributed by atoms with Crippen LogP contribution in [-0.4, -0.2) is 67.3 Å². The van der Waals surface area contributed by atoms with E-state index in [4.69, 9.17) is 9.84 Å². The summed E-state index contributed by atoms with van der Waals surface area (Å²) in [5, 5.41) is 13.5. The van der Waals surface area contributed by atoms with Crippen molar-refractivity contribution in [1.82, 2.24) is 15.5 Å². The average molecular weight is 273 g/mol. The number of rotatable bonds is 4. The summed E-state index contributed by atoms with van der Waals surface area (Å²) in [5.74, 6) is -2.11. The molecule has 0 bridgehead atoms. The molecule has 0 aromatic rings. The molecule has 1 saturated heterocycles. The topological polar surface area (TPSA) is 108 Å². The van der Waals surface area contributed by atoms with Gasteiger partial charge in [-0.1, -0.05) is 0 Å². The van der Waals surface area contributed by atoms with Gasteiger partial charge in [0, 0.05) is 13.1 Å². The van der Waals surface area contributed by atoms with Crippen molar-refractivity contribution < 1.29 is 24.2 Å². The van der Waals surface area contributed by atoms with Crippen LogP contribution in [0.2, 0.25) is 0 Å². The number of amides is 3. The van der Waals surface area contributed by atoms with Gasteiger partial charge in [-0.05, 0) is 14.0 Å². The Morgan fingerprint density at radius 2 is 2.00 bits per heavy atom. The Morgan fingerprint density at radius 1 is 1.37 bits per heavy atom. The number of carbonyl (C=O) groups excluding carboxylic acids is 2. The van der Waals surface area contributed by atoms with Crippen LogP contribution in [0.25, 0.3) is 0 Å². The molecule has 108 valence electrons. The fourth-order valence-electron chi connectivity index (χ4n) is 1.93. The van der Waals surface area contributed by atoms with Crippen molar-refractivity contribution in [3.63, 3.8) is 0 Å². The Morgan fingerprint density at radius 3 is 2.53 bits per heavy atom. The molecule has 1 aliphatic heterocycles. The average Bonchev–Trinajstić information content (AvgIpc) is 2.85. The smallest absolute Gasteiger partial charge is 0.321 e. The number of aliphatic carboxylic acids is 1. The first-order chi connectivity index (χ1) is 8.88. The van der Waals surface area contributed by atoms with Crippen molar-refractivity contribution in [3.05, 3.63) is 0 Å². The van der Waals surface area contributed by atoms with Crippen LogP contribution in [-0.2, 0) is 14.3 Å². The number of carboxylic acids is 1. The highest BCUT2D eigenvalue weighted by Gasteiger charge is 2.39. The summed E-state index contributed by atoms with van der Waals surface area (Å²) >= 11 is 0. The minimum atomic E-state index is -0.951. The third-order valence-electron chi connectivity index (χ3n) is 3.34. The summed E-state index contributed by atoms with van der Waals surface area (Å²) < 4.78 is 5.15. The standard InChI is InChI=1S/C11H19N3O5/c1-6(9(15)13-11(18)12-2)14(3)8-5-19-4-7(8)10(16)17/h6-8H,4-5H2,1-3H3,(H,16,17)(H2,12,13,15,18). The van der Waals surface area contributed by atoms with Crippen molar-refractivity contribution in [1.29, 1.82) is 0 Å². The Labute approximate surface area is 111 Å². The van der Waals surface area contributed by atoms with Crippen LogP contribution >= 0.6 is 0 Å². The van der Waals surface area contributed by atoms with E-state index in [0.717, 1.165) is 0 Å². The van der Waals surface area contributed by atoms with Crippen molar-refractivity contribution >= 4 is 17.9 Å². The zero-order valence-electron chi connectivity index (χ0n) is 11.2. The highest BCUT2D eigenvalue weighted by molar-refractivity contribution is 5.96. The zero-order chi connectivity index (χ0) is 14.6. The Balaban J connectivity index is 2.65. The lowest BCUT2D eigenvalue weighted by Gasteiger charge is -2.30. The SMILES string of the molecule is CNC(=O)NC(=O)C(C)N(C)C1COCC1C(=O)O. The molecule has 3 unspecified atom stereocenters. The van der Waals surface area contributed by atoms with Gasteiger partial charge < -0.3 is 15.2 Å². The summed E-state index contributed by atoms with van der Waals surface area (Å²) in [4.78, 5) is 35.5. The van der Waals surface area contributed by atoms with E-state index in [9.17, 15) is 14.4 Å². The van der Waals surface area contributed by atoms with E-state index in [-0.39, 0.29) is 19.3 Å². The first-order valence-corrected chi connectivity index (χ1v) is 5.93. The van der Waals surface area contributed by atoms with Gasteiger partial charge >= 0.3 is 12.0 Å². The molecule has 0 aromatic carbocycles. The van der Waals surface area contributed by atoms with Gasteiger partial charge in [-0.25, -0.2) is 4.79 Å². The molecule has 0 aromatic heterocycles. The molecule has 1 rings (SSSR count). The summed E-state index contributed by atoms with van der Waals surface area (Å²) in [6, 6.07) is -1.61.